The largest absolute Gasteiger partial charge is 0.482 e. The zero-order valence-corrected chi connectivity index (χ0v) is 11.0. The van der Waals surface area contributed by atoms with Crippen molar-refractivity contribution in [1.29, 1.82) is 5.26 Å². The SMILES string of the molecule is CCC(C)N(C)C(=O)COc1ccccc1C#N. The number of carbonyl (C=O) groups excluding carboxylic acids is 1. The van der Waals surface area contributed by atoms with Crippen LogP contribution in [0.4, 0.5) is 0 Å². The van der Waals surface area contributed by atoms with Gasteiger partial charge in [-0.2, -0.15) is 5.26 Å². The second-order valence-electron chi connectivity index (χ2n) is 4.16. The second-order valence-corrected chi connectivity index (χ2v) is 4.16. The summed E-state index contributed by atoms with van der Waals surface area (Å²) in [5, 5.41) is 8.89. The van der Waals surface area contributed by atoms with Gasteiger partial charge in [-0.05, 0) is 25.5 Å². The molecule has 0 saturated carbocycles. The van der Waals surface area contributed by atoms with E-state index >= 15 is 0 Å². The van der Waals surface area contributed by atoms with Crippen molar-refractivity contribution in [3.63, 3.8) is 0 Å². The zero-order chi connectivity index (χ0) is 13.5. The van der Waals surface area contributed by atoms with Gasteiger partial charge in [-0.3, -0.25) is 4.79 Å². The molecule has 1 aromatic rings. The van der Waals surface area contributed by atoms with Crippen LogP contribution in [0.2, 0.25) is 0 Å². The van der Waals surface area contributed by atoms with Crippen LogP contribution in [0.25, 0.3) is 0 Å². The highest BCUT2D eigenvalue weighted by molar-refractivity contribution is 5.77. The monoisotopic (exact) mass is 246 g/mol. The van der Waals surface area contributed by atoms with Crippen LogP contribution in [-0.4, -0.2) is 30.5 Å². The number of benzene rings is 1. The molecule has 0 aliphatic heterocycles. The molecular weight excluding hydrogens is 228 g/mol. The molecule has 0 heterocycles. The molecule has 0 aliphatic rings. The van der Waals surface area contributed by atoms with E-state index in [0.717, 1.165) is 6.42 Å². The van der Waals surface area contributed by atoms with E-state index in [-0.39, 0.29) is 18.6 Å². The van der Waals surface area contributed by atoms with E-state index < -0.39 is 0 Å². The zero-order valence-electron chi connectivity index (χ0n) is 11.0. The van der Waals surface area contributed by atoms with Crippen molar-refractivity contribution in [1.82, 2.24) is 4.90 Å². The third kappa shape index (κ3) is 3.49. The predicted molar refractivity (Wildman–Crippen MR) is 69.2 cm³/mol. The third-order valence-corrected chi connectivity index (χ3v) is 3.00. The lowest BCUT2D eigenvalue weighted by molar-refractivity contribution is -0.133. The Bertz CT molecular complexity index is 451. The fourth-order valence-electron chi connectivity index (χ4n) is 1.45. The summed E-state index contributed by atoms with van der Waals surface area (Å²) < 4.78 is 5.39. The second kappa shape index (κ2) is 6.65. The van der Waals surface area contributed by atoms with Gasteiger partial charge in [-0.15, -0.1) is 0 Å². The van der Waals surface area contributed by atoms with Crippen molar-refractivity contribution in [3.05, 3.63) is 29.8 Å². The Hall–Kier alpha value is -2.02. The van der Waals surface area contributed by atoms with E-state index in [2.05, 4.69) is 0 Å². The van der Waals surface area contributed by atoms with Crippen LogP contribution in [0.1, 0.15) is 25.8 Å². The van der Waals surface area contributed by atoms with Gasteiger partial charge in [0, 0.05) is 13.1 Å². The first-order valence-electron chi connectivity index (χ1n) is 5.97. The van der Waals surface area contributed by atoms with E-state index in [1.807, 2.05) is 19.9 Å². The fourth-order valence-corrected chi connectivity index (χ4v) is 1.45. The van der Waals surface area contributed by atoms with Crippen molar-refractivity contribution in [2.24, 2.45) is 0 Å². The molecule has 4 heteroatoms. The molecule has 1 atom stereocenters. The Morgan fingerprint density at radius 3 is 2.78 bits per heavy atom. The molecule has 0 aliphatic carbocycles. The first-order valence-corrected chi connectivity index (χ1v) is 5.97. The number of para-hydroxylation sites is 1. The number of carbonyl (C=O) groups is 1. The maximum absolute atomic E-state index is 11.8. The van der Waals surface area contributed by atoms with Gasteiger partial charge in [-0.25, -0.2) is 0 Å². The van der Waals surface area contributed by atoms with E-state index in [1.54, 1.807) is 36.2 Å². The molecule has 1 rings (SSSR count). The number of likely N-dealkylation sites (N-methyl/N-ethyl adjacent to an activating group) is 1. The predicted octanol–water partition coefficient (Wildman–Crippen LogP) is 2.19. The average molecular weight is 246 g/mol. The Balaban J connectivity index is 2.61. The van der Waals surface area contributed by atoms with Crippen LogP contribution in [0.3, 0.4) is 0 Å². The topological polar surface area (TPSA) is 53.3 Å². The Kier molecular flexibility index (Phi) is 5.19. The van der Waals surface area contributed by atoms with Crippen molar-refractivity contribution in [3.8, 4) is 11.8 Å². The molecule has 0 spiro atoms. The van der Waals surface area contributed by atoms with Gasteiger partial charge < -0.3 is 9.64 Å². The van der Waals surface area contributed by atoms with Gasteiger partial charge in [-0.1, -0.05) is 19.1 Å². The van der Waals surface area contributed by atoms with E-state index in [9.17, 15) is 4.79 Å². The summed E-state index contributed by atoms with van der Waals surface area (Å²) in [5.41, 5.74) is 0.441. The van der Waals surface area contributed by atoms with Crippen LogP contribution in [-0.2, 0) is 4.79 Å². The summed E-state index contributed by atoms with van der Waals surface area (Å²) in [6.07, 6.45) is 0.900. The lowest BCUT2D eigenvalue weighted by atomic mass is 10.2. The van der Waals surface area contributed by atoms with Crippen LogP contribution < -0.4 is 4.74 Å². The number of hydrogen-bond acceptors (Lipinski definition) is 3. The number of ether oxygens (including phenoxy) is 1. The van der Waals surface area contributed by atoms with Crippen molar-refractivity contribution in [2.45, 2.75) is 26.3 Å². The fraction of sp³-hybridized carbons (Fsp3) is 0.429. The van der Waals surface area contributed by atoms with Gasteiger partial charge in [0.25, 0.3) is 5.91 Å². The van der Waals surface area contributed by atoms with Crippen LogP contribution >= 0.6 is 0 Å². The van der Waals surface area contributed by atoms with Crippen LogP contribution in [0, 0.1) is 11.3 Å². The van der Waals surface area contributed by atoms with Gasteiger partial charge in [0.1, 0.15) is 11.8 Å². The summed E-state index contributed by atoms with van der Waals surface area (Å²) in [5.74, 6) is 0.364. The molecule has 0 aromatic heterocycles. The van der Waals surface area contributed by atoms with Gasteiger partial charge >= 0.3 is 0 Å². The molecule has 0 saturated heterocycles. The number of nitriles is 1. The Morgan fingerprint density at radius 2 is 2.17 bits per heavy atom. The van der Waals surface area contributed by atoms with Gasteiger partial charge in [0.15, 0.2) is 6.61 Å². The highest BCUT2D eigenvalue weighted by Crippen LogP contribution is 2.16. The summed E-state index contributed by atoms with van der Waals surface area (Å²) in [6.45, 7) is 3.97. The molecule has 4 nitrogen and oxygen atoms in total. The van der Waals surface area contributed by atoms with Crippen molar-refractivity contribution >= 4 is 5.91 Å². The standard InChI is InChI=1S/C14H18N2O2/c1-4-11(2)16(3)14(17)10-18-13-8-6-5-7-12(13)9-15/h5-8,11H,4,10H2,1-3H3. The quantitative estimate of drug-likeness (QED) is 0.800. The molecule has 1 unspecified atom stereocenters. The molecule has 1 aromatic carbocycles. The summed E-state index contributed by atoms with van der Waals surface area (Å²) >= 11 is 0. The molecule has 96 valence electrons. The summed E-state index contributed by atoms with van der Waals surface area (Å²) in [6, 6.07) is 9.11. The minimum absolute atomic E-state index is 0.0421. The highest BCUT2D eigenvalue weighted by atomic mass is 16.5. The molecule has 18 heavy (non-hydrogen) atoms. The lowest BCUT2D eigenvalue weighted by Gasteiger charge is -2.23. The molecule has 0 N–H and O–H groups in total. The third-order valence-electron chi connectivity index (χ3n) is 3.00. The normalized spacial score (nSPS) is 11.4. The Labute approximate surface area is 108 Å². The highest BCUT2D eigenvalue weighted by Gasteiger charge is 2.15. The summed E-state index contributed by atoms with van der Waals surface area (Å²) in [7, 11) is 1.76. The number of amides is 1. The smallest absolute Gasteiger partial charge is 0.260 e. The maximum Gasteiger partial charge on any atom is 0.260 e. The van der Waals surface area contributed by atoms with E-state index in [1.165, 1.54) is 0 Å². The number of nitrogens with zero attached hydrogens (tertiary/aromatic N) is 2. The summed E-state index contributed by atoms with van der Waals surface area (Å²) in [4.78, 5) is 13.5. The first-order chi connectivity index (χ1) is 8.60. The van der Waals surface area contributed by atoms with Gasteiger partial charge in [0.05, 0.1) is 5.56 Å². The van der Waals surface area contributed by atoms with Gasteiger partial charge in [0.2, 0.25) is 0 Å². The maximum atomic E-state index is 11.8. The van der Waals surface area contributed by atoms with Crippen LogP contribution in [0.15, 0.2) is 24.3 Å². The minimum atomic E-state index is -0.0860. The lowest BCUT2D eigenvalue weighted by Crippen LogP contribution is -2.37. The first kappa shape index (κ1) is 14.0. The molecule has 0 fully saturated rings. The van der Waals surface area contributed by atoms with Crippen molar-refractivity contribution in [2.75, 3.05) is 13.7 Å². The van der Waals surface area contributed by atoms with E-state index in [4.69, 9.17) is 10.00 Å². The van der Waals surface area contributed by atoms with Crippen molar-refractivity contribution < 1.29 is 9.53 Å². The molecule has 0 radical (unpaired) electrons. The molecule has 1 amide bonds. The average Bonchev–Trinajstić information content (AvgIpc) is 2.43. The Morgan fingerprint density at radius 1 is 1.50 bits per heavy atom. The van der Waals surface area contributed by atoms with E-state index in [0.29, 0.717) is 11.3 Å². The molecule has 0 bridgehead atoms. The molecular formula is C14H18N2O2. The minimum Gasteiger partial charge on any atom is -0.482 e. The number of hydrogen-bond donors (Lipinski definition) is 0. The van der Waals surface area contributed by atoms with Crippen LogP contribution in [0.5, 0.6) is 5.75 Å². The number of rotatable bonds is 5.